The first-order valence-corrected chi connectivity index (χ1v) is 46.7. The van der Waals surface area contributed by atoms with E-state index in [2.05, 4.69) is 422 Å². The zero-order chi connectivity index (χ0) is 85.7. The number of para-hydroxylation sites is 7. The quantitative estimate of drug-likeness (QED) is 0.161. The van der Waals surface area contributed by atoms with Crippen LogP contribution in [0.3, 0.4) is 0 Å². The van der Waals surface area contributed by atoms with Crippen molar-refractivity contribution in [2.24, 2.45) is 0 Å². The van der Waals surface area contributed by atoms with Crippen molar-refractivity contribution in [3.63, 3.8) is 0 Å². The molecule has 0 amide bonds. The van der Waals surface area contributed by atoms with Crippen LogP contribution in [0.15, 0.2) is 322 Å². The van der Waals surface area contributed by atoms with Crippen molar-refractivity contribution in [1.29, 1.82) is 0 Å². The molecule has 0 saturated heterocycles. The Morgan fingerprint density at radius 3 is 1.06 bits per heavy atom. The van der Waals surface area contributed by atoms with Crippen molar-refractivity contribution in [2.45, 2.75) is 62.3 Å². The molecule has 129 heavy (non-hydrogen) atoms. The largest absolute Gasteiger partial charge is 0.457 e. The van der Waals surface area contributed by atoms with Crippen molar-refractivity contribution in [3.8, 4) is 28.6 Å². The van der Waals surface area contributed by atoms with E-state index in [9.17, 15) is 0 Å². The first-order valence-electron chi connectivity index (χ1n) is 45.0. The van der Waals surface area contributed by atoms with Gasteiger partial charge in [-0.15, -0.1) is 22.7 Å². The second-order valence-electron chi connectivity index (χ2n) is 36.8. The van der Waals surface area contributed by atoms with Gasteiger partial charge in [-0.05, 0) is 243 Å². The van der Waals surface area contributed by atoms with Gasteiger partial charge in [-0.25, -0.2) is 0 Å². The highest BCUT2D eigenvalue weighted by atomic mass is 32.1. The summed E-state index contributed by atoms with van der Waals surface area (Å²) >= 11 is 3.84. The normalized spacial score (nSPS) is 13.6. The monoisotopic (exact) mass is 1690 g/mol. The molecule has 14 heteroatoms. The Kier molecular flexibility index (Phi) is 15.1. The number of nitrogens with zero attached hydrogens (tertiary/aromatic N) is 7. The van der Waals surface area contributed by atoms with Gasteiger partial charge >= 0.3 is 0 Å². The summed E-state index contributed by atoms with van der Waals surface area (Å²) in [5.74, 6) is 1.79. The fraction of sp³-hybridized carbons (Fsp3) is 0.0783. The first kappa shape index (κ1) is 73.3. The lowest BCUT2D eigenvalue weighted by molar-refractivity contribution is 0.494. The number of thiophene rings is 2. The third kappa shape index (κ3) is 10.0. The van der Waals surface area contributed by atoms with Gasteiger partial charge in [0.05, 0.1) is 72.9 Å². The minimum absolute atomic E-state index is 0.211. The van der Waals surface area contributed by atoms with E-state index in [1.54, 1.807) is 0 Å². The second-order valence-corrected chi connectivity index (χ2v) is 39.0. The fourth-order valence-electron chi connectivity index (χ4n) is 24.5. The molecule has 17 aromatic carbocycles. The number of benzene rings is 17. The van der Waals surface area contributed by atoms with Gasteiger partial charge in [-0.3, -0.25) is 0 Å². The van der Waals surface area contributed by atoms with Crippen molar-refractivity contribution in [3.05, 3.63) is 372 Å². The van der Waals surface area contributed by atoms with Crippen LogP contribution < -0.4 is 77.4 Å². The molecule has 0 aliphatic carbocycles. The van der Waals surface area contributed by atoms with Gasteiger partial charge in [-0.2, -0.15) is 0 Å². The first-order chi connectivity index (χ1) is 63.2. The molecule has 6 aliphatic heterocycles. The molecule has 1 N–H and O–H groups in total. The van der Waals surface area contributed by atoms with Crippen LogP contribution in [0, 0.1) is 62.3 Å². The smallest absolute Gasteiger partial charge is 0.268 e. The average Bonchev–Trinajstić information content (AvgIpc) is 1.48. The fourth-order valence-corrected chi connectivity index (χ4v) is 27.1. The molecule has 6 aliphatic rings. The van der Waals surface area contributed by atoms with Crippen LogP contribution in [0.1, 0.15) is 50.1 Å². The van der Waals surface area contributed by atoms with Gasteiger partial charge in [-0.1, -0.05) is 223 Å². The summed E-state index contributed by atoms with van der Waals surface area (Å²) in [5, 5.41) is 14.1. The number of aromatic nitrogens is 3. The molecule has 0 saturated carbocycles. The number of ether oxygens (including phenoxy) is 1. The van der Waals surface area contributed by atoms with E-state index >= 15 is 0 Å². The lowest BCUT2D eigenvalue weighted by Crippen LogP contribution is -2.66. The molecule has 9 nitrogen and oxygen atoms in total. The van der Waals surface area contributed by atoms with Crippen molar-refractivity contribution in [2.75, 3.05) is 24.9 Å². The standard InChI is InChI=1S/C115H81B3N8OS2/c1-63-47-66(4)109(67(5)48-63)124-96-61-88-84(117-106-89(119-88)53-73(120-90-39-21-13-31-76(90)77-32-14-22-40-91(77)120)54-99(106)123(72-29-11-10-12-30-72)112-82-37-19-27-45-104(82)128-114(112)117)59-85(96)116-86-60-87-98(62-97(86)125(110-68(6)49-64(2)50-69(110)7)101-56-74(55-100(124)107(101)116)121-92-41-23-15-33-78(92)79-34-16-24-42-93(79)121)126(111-70(8)51-65(3)52-71(111)9)102-57-75(122-94-43-25-17-35-80(94)81-36-18-26-44-95(81)122)58-103-108(102)118(87)115-113(127-103)83-38-20-28-46-105(83)129-115/h10-62,119H,1-9H3. The Morgan fingerprint density at radius 2 is 0.597 bits per heavy atom. The molecule has 0 radical (unpaired) electrons. The number of hydrogen-bond acceptors (Lipinski definition) is 8. The summed E-state index contributed by atoms with van der Waals surface area (Å²) in [6.07, 6.45) is 0. The number of hydrogen-bond donors (Lipinski definition) is 1. The minimum Gasteiger partial charge on any atom is -0.457 e. The molecule has 0 spiro atoms. The average molecular weight is 1690 g/mol. The maximum atomic E-state index is 7.87. The molecule has 0 unspecified atom stereocenters. The molecule has 28 rings (SSSR count). The summed E-state index contributed by atoms with van der Waals surface area (Å²) in [7, 11) is 0. The summed E-state index contributed by atoms with van der Waals surface area (Å²) in [5.41, 5.74) is 45.6. The minimum atomic E-state index is -0.367. The number of nitrogens with one attached hydrogen (secondary N) is 1. The topological polar surface area (TPSA) is 49.0 Å². The van der Waals surface area contributed by atoms with Gasteiger partial charge in [0.1, 0.15) is 11.5 Å². The van der Waals surface area contributed by atoms with Gasteiger partial charge < -0.3 is 43.4 Å². The van der Waals surface area contributed by atoms with Crippen molar-refractivity contribution >= 4 is 256 Å². The van der Waals surface area contributed by atoms with E-state index in [0.717, 1.165) is 135 Å². The molecular formula is C115H81B3N8OS2. The summed E-state index contributed by atoms with van der Waals surface area (Å²) in [6, 6.07) is 123. The van der Waals surface area contributed by atoms with E-state index in [4.69, 9.17) is 4.74 Å². The van der Waals surface area contributed by atoms with Crippen LogP contribution in [0.5, 0.6) is 11.5 Å². The van der Waals surface area contributed by atoms with E-state index in [0.29, 0.717) is 0 Å². The maximum Gasteiger partial charge on any atom is 0.268 e. The van der Waals surface area contributed by atoms with Gasteiger partial charge in [0.15, 0.2) is 0 Å². The summed E-state index contributed by atoms with van der Waals surface area (Å²) in [6.45, 7) is 20.0. The van der Waals surface area contributed by atoms with Gasteiger partial charge in [0.25, 0.3) is 20.1 Å². The van der Waals surface area contributed by atoms with Gasteiger partial charge in [0, 0.05) is 125 Å². The predicted molar refractivity (Wildman–Crippen MR) is 552 cm³/mol. The second kappa shape index (κ2) is 26.6. The third-order valence-electron chi connectivity index (χ3n) is 29.0. The lowest BCUT2D eigenvalue weighted by atomic mass is 9.30. The SMILES string of the molecule is Cc1cc(C)c(N2c3cc4c(cc3B3c5sc6ccccc6c5Oc5cc(-n6c7ccccc7c7ccccc76)cc2c53)B2c3cc5c(cc3N(c3c(C)cc(C)cc3C)c3cc(-n6c7ccccc7c7ccccc76)cc(c32)N4c2c(C)cc(C)cc2C)Nc2cc(-n3c4ccccc4c4ccccc43)cc3c2B5c2sc4ccccc4c2N3c2ccccc2)c(C)c1. The summed E-state index contributed by atoms with van der Waals surface area (Å²) in [4.78, 5) is 10.8. The highest BCUT2D eigenvalue weighted by Gasteiger charge is 2.52. The van der Waals surface area contributed by atoms with E-state index in [1.807, 2.05) is 22.7 Å². The Labute approximate surface area is 756 Å². The number of anilines is 14. The van der Waals surface area contributed by atoms with Crippen LogP contribution in [-0.4, -0.2) is 33.8 Å². The number of fused-ring (bicyclic) bond motifs is 25. The zero-order valence-corrected chi connectivity index (χ0v) is 74.3. The zero-order valence-electron chi connectivity index (χ0n) is 72.7. The summed E-state index contributed by atoms with van der Waals surface area (Å²) < 4.78 is 20.4. The van der Waals surface area contributed by atoms with Crippen molar-refractivity contribution in [1.82, 2.24) is 13.7 Å². The van der Waals surface area contributed by atoms with E-state index in [1.165, 1.54) is 157 Å². The molecule has 5 aromatic heterocycles. The Bertz CT molecular complexity index is 8620. The molecule has 0 fully saturated rings. The Balaban J connectivity index is 0.790. The van der Waals surface area contributed by atoms with Crippen molar-refractivity contribution < 1.29 is 4.74 Å². The van der Waals surface area contributed by atoms with Crippen LogP contribution in [0.25, 0.3) is 103 Å². The van der Waals surface area contributed by atoms with Crippen LogP contribution in [0.4, 0.5) is 79.6 Å². The highest BCUT2D eigenvalue weighted by molar-refractivity contribution is 7.34. The third-order valence-corrected chi connectivity index (χ3v) is 31.5. The van der Waals surface area contributed by atoms with Crippen LogP contribution in [-0.2, 0) is 0 Å². The number of aryl methyl sites for hydroxylation is 9. The Hall–Kier alpha value is -14.9. The molecule has 11 heterocycles. The molecular weight excluding hydrogens is 1610 g/mol. The Morgan fingerprint density at radius 1 is 0.248 bits per heavy atom. The van der Waals surface area contributed by atoms with Crippen LogP contribution in [0.2, 0.25) is 0 Å². The lowest BCUT2D eigenvalue weighted by Gasteiger charge is -2.48. The van der Waals surface area contributed by atoms with E-state index < -0.39 is 0 Å². The van der Waals surface area contributed by atoms with E-state index in [-0.39, 0.29) is 20.1 Å². The molecule has 22 aromatic rings. The van der Waals surface area contributed by atoms with Gasteiger partial charge in [0.2, 0.25) is 0 Å². The van der Waals surface area contributed by atoms with Crippen LogP contribution >= 0.6 is 22.7 Å². The number of rotatable bonds is 7. The molecule has 608 valence electrons. The molecule has 0 atom stereocenters. The molecule has 0 bridgehead atoms. The highest BCUT2D eigenvalue weighted by Crippen LogP contribution is 2.56. The predicted octanol–water partition coefficient (Wildman–Crippen LogP) is 25.0. The maximum absolute atomic E-state index is 7.87.